The van der Waals surface area contributed by atoms with Crippen LogP contribution in [0.15, 0.2) is 72.8 Å². The fraction of sp³-hybridized carbons (Fsp3) is 0.429. The second-order valence-corrected chi connectivity index (χ2v) is 18.1. The summed E-state index contributed by atoms with van der Waals surface area (Å²) in [7, 11) is 11.6. The Kier molecular flexibility index (Phi) is 11.5. The molecular formula is C35H46Cl2NORu-. The molecule has 0 spiro atoms. The summed E-state index contributed by atoms with van der Waals surface area (Å²) in [4.78, 5) is 2.59. The van der Waals surface area contributed by atoms with Gasteiger partial charge in [0.05, 0.1) is 0 Å². The molecule has 40 heavy (non-hydrogen) atoms. The minimum absolute atomic E-state index is 0.0586. The van der Waals surface area contributed by atoms with E-state index >= 15 is 0 Å². The molecule has 0 N–H and O–H groups in total. The minimum Gasteiger partial charge on any atom is -0.517 e. The monoisotopic (exact) mass is 668 g/mol. The van der Waals surface area contributed by atoms with Crippen LogP contribution in [0.3, 0.4) is 0 Å². The second-order valence-electron chi connectivity index (χ2n) is 12.4. The van der Waals surface area contributed by atoms with E-state index in [1.807, 2.05) is 42.7 Å². The van der Waals surface area contributed by atoms with E-state index in [1.165, 1.54) is 22.4 Å². The normalized spacial score (nSPS) is 18.6. The van der Waals surface area contributed by atoms with Crippen LogP contribution in [0.25, 0.3) is 0 Å². The summed E-state index contributed by atoms with van der Waals surface area (Å²) >= 11 is -1.77. The van der Waals surface area contributed by atoms with Crippen LogP contribution in [-0.4, -0.2) is 16.3 Å². The van der Waals surface area contributed by atoms with Crippen molar-refractivity contribution in [3.63, 3.8) is 0 Å². The van der Waals surface area contributed by atoms with Crippen molar-refractivity contribution in [2.45, 2.75) is 97.6 Å². The standard InChI is InChI=1S/C25H34N.C10H12O.2ClH.Ru/c1-18(2)21-14-11-15-22(19(3)4)23(21)26-17-25(7,16-24(26,5)6)20-12-9-8-10-13-20;1-8(2)11-10-7-5-4-6-9(10)3;;;/h8-15,17-19H,16H2,1-7H3;3-8H,1-2H3;2*1H;/q-1;;;;+2/p-2. The van der Waals surface area contributed by atoms with E-state index in [-0.39, 0.29) is 17.1 Å². The molecule has 5 heteroatoms. The van der Waals surface area contributed by atoms with Crippen molar-refractivity contribution in [2.75, 3.05) is 4.90 Å². The van der Waals surface area contributed by atoms with Crippen molar-refractivity contribution in [3.8, 4) is 5.75 Å². The third-order valence-electron chi connectivity index (χ3n) is 7.35. The number of anilines is 1. The Bertz CT molecular complexity index is 1260. The Morgan fingerprint density at radius 2 is 1.35 bits per heavy atom. The van der Waals surface area contributed by atoms with E-state index in [0.29, 0.717) is 11.8 Å². The maximum absolute atomic E-state index is 5.82. The van der Waals surface area contributed by atoms with Crippen LogP contribution >= 0.6 is 19.4 Å². The quantitative estimate of drug-likeness (QED) is 0.184. The molecule has 0 bridgehead atoms. The molecule has 1 unspecified atom stereocenters. The number of rotatable bonds is 7. The van der Waals surface area contributed by atoms with Gasteiger partial charge in [-0.05, 0) is 43.2 Å². The maximum atomic E-state index is 5.82. The maximum Gasteiger partial charge on any atom is 0.0145 e. The average molecular weight is 669 g/mol. The number of para-hydroxylation sites is 2. The van der Waals surface area contributed by atoms with E-state index in [1.54, 1.807) is 0 Å². The van der Waals surface area contributed by atoms with Crippen LogP contribution in [0.4, 0.5) is 5.69 Å². The first-order chi connectivity index (χ1) is 18.7. The third-order valence-corrected chi connectivity index (χ3v) is 9.18. The van der Waals surface area contributed by atoms with Crippen LogP contribution in [0.2, 0.25) is 0 Å². The van der Waals surface area contributed by atoms with Crippen molar-refractivity contribution in [1.82, 2.24) is 0 Å². The largest absolute Gasteiger partial charge is 0.517 e. The van der Waals surface area contributed by atoms with Gasteiger partial charge in [-0.1, -0.05) is 88.7 Å². The van der Waals surface area contributed by atoms with E-state index in [2.05, 4.69) is 108 Å². The minimum atomic E-state index is -1.77. The van der Waals surface area contributed by atoms with Crippen molar-refractivity contribution < 1.29 is 18.3 Å². The van der Waals surface area contributed by atoms with Crippen LogP contribution in [-0.2, 0) is 18.9 Å². The van der Waals surface area contributed by atoms with Gasteiger partial charge in [0.1, 0.15) is 0 Å². The molecule has 2 nitrogen and oxygen atoms in total. The van der Waals surface area contributed by atoms with Crippen LogP contribution < -0.4 is 9.64 Å². The molecule has 0 aliphatic carbocycles. The number of halogens is 2. The molecular weight excluding hydrogens is 622 g/mol. The van der Waals surface area contributed by atoms with Gasteiger partial charge in [-0.15, -0.1) is 5.41 Å². The molecule has 0 radical (unpaired) electrons. The Hall–Kier alpha value is -1.67. The number of hydrogen-bond acceptors (Lipinski definition) is 2. The van der Waals surface area contributed by atoms with Gasteiger partial charge in [0.25, 0.3) is 0 Å². The van der Waals surface area contributed by atoms with E-state index in [4.69, 9.17) is 24.1 Å². The molecule has 4 rings (SSSR count). The van der Waals surface area contributed by atoms with E-state index < -0.39 is 13.5 Å². The number of hydrogen-bond donors (Lipinski definition) is 0. The first-order valence-corrected chi connectivity index (χ1v) is 19.7. The molecule has 1 atom stereocenters. The first-order valence-electron chi connectivity index (χ1n) is 14.2. The van der Waals surface area contributed by atoms with Gasteiger partial charge in [-0.2, -0.15) is 0 Å². The van der Waals surface area contributed by atoms with Gasteiger partial charge in [-0.25, -0.2) is 6.54 Å². The SMILES string of the molecule is CC(C)Oc1ccccc1[CH]=[Ru]([Cl])[Cl].CC(C)c1cccc(C(C)C)c1N1[CH-]C(C)(c2ccccc2)CC1(C)C. The van der Waals surface area contributed by atoms with Crippen molar-refractivity contribution in [1.29, 1.82) is 0 Å². The smallest absolute Gasteiger partial charge is 0.0145 e. The van der Waals surface area contributed by atoms with Gasteiger partial charge in [0.2, 0.25) is 0 Å². The second kappa shape index (κ2) is 14.0. The molecule has 0 saturated carbocycles. The zero-order chi connectivity index (χ0) is 29.7. The van der Waals surface area contributed by atoms with Crippen LogP contribution in [0, 0.1) is 6.54 Å². The summed E-state index contributed by atoms with van der Waals surface area (Å²) in [6, 6.07) is 25.6. The summed E-state index contributed by atoms with van der Waals surface area (Å²) in [5.74, 6) is 1.87. The average Bonchev–Trinajstić information content (AvgIpc) is 3.14. The molecule has 1 aliphatic rings. The first kappa shape index (κ1) is 32.8. The molecule has 1 heterocycles. The van der Waals surface area contributed by atoms with Crippen LogP contribution in [0.5, 0.6) is 5.75 Å². The Morgan fingerprint density at radius 1 is 0.800 bits per heavy atom. The zero-order valence-electron chi connectivity index (χ0n) is 25.5. The third kappa shape index (κ3) is 8.21. The molecule has 0 amide bonds. The zero-order valence-corrected chi connectivity index (χ0v) is 28.7. The Morgan fingerprint density at radius 3 is 1.88 bits per heavy atom. The van der Waals surface area contributed by atoms with Crippen molar-refractivity contribution >= 4 is 29.7 Å². The predicted octanol–water partition coefficient (Wildman–Crippen LogP) is 10.6. The molecule has 220 valence electrons. The fourth-order valence-electron chi connectivity index (χ4n) is 5.65. The topological polar surface area (TPSA) is 12.5 Å². The molecule has 1 aliphatic heterocycles. The van der Waals surface area contributed by atoms with Gasteiger partial charge in [0, 0.05) is 11.2 Å². The van der Waals surface area contributed by atoms with Crippen molar-refractivity contribution in [3.05, 3.63) is 102 Å². The van der Waals surface area contributed by atoms with Gasteiger partial charge in [0.15, 0.2) is 0 Å². The number of nitrogens with zero attached hydrogens (tertiary/aromatic N) is 1. The molecule has 1 saturated heterocycles. The van der Waals surface area contributed by atoms with E-state index in [9.17, 15) is 0 Å². The summed E-state index contributed by atoms with van der Waals surface area (Å²) in [6.45, 7) is 22.9. The van der Waals surface area contributed by atoms with Crippen molar-refractivity contribution in [2.24, 2.45) is 0 Å². The number of benzene rings is 3. The summed E-state index contributed by atoms with van der Waals surface area (Å²) in [5.41, 5.74) is 6.88. The molecule has 3 aromatic carbocycles. The van der Waals surface area contributed by atoms with Gasteiger partial charge >= 0.3 is 97.8 Å². The Balaban J connectivity index is 0.000000267. The van der Waals surface area contributed by atoms with Crippen LogP contribution in [0.1, 0.15) is 103 Å². The number of ether oxygens (including phenoxy) is 1. The molecule has 3 aromatic rings. The molecule has 0 aromatic heterocycles. The summed E-state index contributed by atoms with van der Waals surface area (Å²) in [6.07, 6.45) is 1.28. The molecule has 1 fully saturated rings. The van der Waals surface area contributed by atoms with E-state index in [0.717, 1.165) is 17.7 Å². The fourth-order valence-corrected chi connectivity index (χ4v) is 7.46. The Labute approximate surface area is 256 Å². The van der Waals surface area contributed by atoms with Gasteiger partial charge in [-0.3, -0.25) is 0 Å². The predicted molar refractivity (Wildman–Crippen MR) is 173 cm³/mol. The summed E-state index contributed by atoms with van der Waals surface area (Å²) in [5, 5.41) is 0. The summed E-state index contributed by atoms with van der Waals surface area (Å²) < 4.78 is 7.51. The van der Waals surface area contributed by atoms with Gasteiger partial charge < -0.3 is 4.90 Å².